The molecule has 0 spiro atoms. The molecule has 0 aliphatic rings. The Bertz CT molecular complexity index is 543. The molecule has 0 saturated heterocycles. The van der Waals surface area contributed by atoms with Gasteiger partial charge in [-0.1, -0.05) is 6.07 Å². The van der Waals surface area contributed by atoms with Crippen LogP contribution in [0.2, 0.25) is 0 Å². The van der Waals surface area contributed by atoms with Gasteiger partial charge in [-0.3, -0.25) is 14.9 Å². The molecule has 0 aliphatic heterocycles. The average molecular weight is 296 g/mol. The zero-order valence-electron chi connectivity index (χ0n) is 11.8. The molecule has 1 amide bonds. The van der Waals surface area contributed by atoms with E-state index in [-0.39, 0.29) is 18.0 Å². The largest absolute Gasteiger partial charge is 0.454 e. The van der Waals surface area contributed by atoms with E-state index in [0.29, 0.717) is 12.2 Å². The first kappa shape index (κ1) is 16.6. The fourth-order valence-corrected chi connectivity index (χ4v) is 1.45. The second kappa shape index (κ2) is 7.95. The number of ether oxygens (including phenoxy) is 2. The van der Waals surface area contributed by atoms with Gasteiger partial charge in [-0.05, 0) is 19.9 Å². The van der Waals surface area contributed by atoms with E-state index in [9.17, 15) is 19.7 Å². The molecule has 1 N–H and O–H groups in total. The lowest BCUT2D eigenvalue weighted by Crippen LogP contribution is -2.23. The number of nitrogens with one attached hydrogen (secondary N) is 1. The Morgan fingerprint density at radius 3 is 2.67 bits per heavy atom. The van der Waals surface area contributed by atoms with Gasteiger partial charge in [0.2, 0.25) is 0 Å². The third-order valence-electron chi connectivity index (χ3n) is 2.48. The van der Waals surface area contributed by atoms with E-state index in [4.69, 9.17) is 4.74 Å². The SMILES string of the molecule is CCOCC(=O)OCC(=O)Nc1ccc(C)c([N+](=O)[O-])c1. The van der Waals surface area contributed by atoms with E-state index in [2.05, 4.69) is 10.1 Å². The van der Waals surface area contributed by atoms with E-state index in [1.54, 1.807) is 13.8 Å². The Morgan fingerprint density at radius 1 is 1.33 bits per heavy atom. The van der Waals surface area contributed by atoms with Gasteiger partial charge >= 0.3 is 5.97 Å². The first-order chi connectivity index (χ1) is 9.93. The molecule has 1 aromatic carbocycles. The van der Waals surface area contributed by atoms with Crippen LogP contribution in [-0.4, -0.2) is 36.6 Å². The van der Waals surface area contributed by atoms with Gasteiger partial charge in [0.15, 0.2) is 6.61 Å². The van der Waals surface area contributed by atoms with Crippen molar-refractivity contribution >= 4 is 23.3 Å². The number of benzene rings is 1. The van der Waals surface area contributed by atoms with Gasteiger partial charge in [-0.25, -0.2) is 4.79 Å². The van der Waals surface area contributed by atoms with Crippen molar-refractivity contribution in [2.24, 2.45) is 0 Å². The summed E-state index contributed by atoms with van der Waals surface area (Å²) in [4.78, 5) is 32.9. The fourth-order valence-electron chi connectivity index (χ4n) is 1.45. The smallest absolute Gasteiger partial charge is 0.332 e. The van der Waals surface area contributed by atoms with Crippen LogP contribution in [0.15, 0.2) is 18.2 Å². The Hall–Kier alpha value is -2.48. The van der Waals surface area contributed by atoms with Gasteiger partial charge in [-0.2, -0.15) is 0 Å². The molecule has 0 bridgehead atoms. The number of nitrogens with zero attached hydrogens (tertiary/aromatic N) is 1. The number of carbonyl (C=O) groups is 2. The number of hydrogen-bond acceptors (Lipinski definition) is 6. The van der Waals surface area contributed by atoms with Crippen LogP contribution < -0.4 is 5.32 Å². The summed E-state index contributed by atoms with van der Waals surface area (Å²) in [6, 6.07) is 4.30. The summed E-state index contributed by atoms with van der Waals surface area (Å²) in [6.07, 6.45) is 0. The fraction of sp³-hybridized carbons (Fsp3) is 0.385. The number of nitro groups is 1. The predicted molar refractivity (Wildman–Crippen MR) is 73.9 cm³/mol. The van der Waals surface area contributed by atoms with Crippen LogP contribution in [0.1, 0.15) is 12.5 Å². The second-order valence-corrected chi connectivity index (χ2v) is 4.10. The van der Waals surface area contributed by atoms with Crippen molar-refractivity contribution in [2.45, 2.75) is 13.8 Å². The quantitative estimate of drug-likeness (QED) is 0.463. The van der Waals surface area contributed by atoms with Crippen molar-refractivity contribution in [2.75, 3.05) is 25.1 Å². The summed E-state index contributed by atoms with van der Waals surface area (Å²) in [5.74, 6) is -1.24. The maximum atomic E-state index is 11.6. The van der Waals surface area contributed by atoms with E-state index in [0.717, 1.165) is 0 Å². The molecule has 8 nitrogen and oxygen atoms in total. The van der Waals surface area contributed by atoms with Crippen LogP contribution in [-0.2, 0) is 19.1 Å². The van der Waals surface area contributed by atoms with E-state index < -0.39 is 23.4 Å². The van der Waals surface area contributed by atoms with Crippen molar-refractivity contribution < 1.29 is 24.0 Å². The molecule has 8 heteroatoms. The molecule has 1 aromatic rings. The lowest BCUT2D eigenvalue weighted by atomic mass is 10.2. The van der Waals surface area contributed by atoms with Crippen molar-refractivity contribution in [1.29, 1.82) is 0 Å². The number of nitro benzene ring substituents is 1. The number of aryl methyl sites for hydroxylation is 1. The van der Waals surface area contributed by atoms with Crippen LogP contribution in [0, 0.1) is 17.0 Å². The van der Waals surface area contributed by atoms with E-state index in [1.165, 1.54) is 18.2 Å². The molecule has 0 aromatic heterocycles. The molecular formula is C13H16N2O6. The van der Waals surface area contributed by atoms with Crippen LogP contribution in [0.4, 0.5) is 11.4 Å². The highest BCUT2D eigenvalue weighted by atomic mass is 16.6. The lowest BCUT2D eigenvalue weighted by molar-refractivity contribution is -0.385. The highest BCUT2D eigenvalue weighted by Crippen LogP contribution is 2.22. The summed E-state index contributed by atoms with van der Waals surface area (Å²) in [5.41, 5.74) is 0.653. The van der Waals surface area contributed by atoms with Crippen molar-refractivity contribution in [3.63, 3.8) is 0 Å². The predicted octanol–water partition coefficient (Wildman–Crippen LogP) is 1.42. The maximum absolute atomic E-state index is 11.6. The second-order valence-electron chi connectivity index (χ2n) is 4.10. The molecule has 114 valence electrons. The number of anilines is 1. The van der Waals surface area contributed by atoms with Gasteiger partial charge < -0.3 is 14.8 Å². The molecular weight excluding hydrogens is 280 g/mol. The standard InChI is InChI=1S/C13H16N2O6/c1-3-20-8-13(17)21-7-12(16)14-10-5-4-9(2)11(6-10)15(18)19/h4-6H,3,7-8H2,1-2H3,(H,14,16). The zero-order chi connectivity index (χ0) is 15.8. The average Bonchev–Trinajstić information content (AvgIpc) is 2.44. The van der Waals surface area contributed by atoms with Gasteiger partial charge in [0.1, 0.15) is 6.61 Å². The Morgan fingerprint density at radius 2 is 2.05 bits per heavy atom. The van der Waals surface area contributed by atoms with Crippen LogP contribution in [0.25, 0.3) is 0 Å². The Kier molecular flexibility index (Phi) is 6.28. The first-order valence-corrected chi connectivity index (χ1v) is 6.22. The normalized spacial score (nSPS) is 10.0. The summed E-state index contributed by atoms with van der Waals surface area (Å²) in [7, 11) is 0. The van der Waals surface area contributed by atoms with Crippen molar-refractivity contribution in [3.05, 3.63) is 33.9 Å². The van der Waals surface area contributed by atoms with Gasteiger partial charge in [0.25, 0.3) is 11.6 Å². The van der Waals surface area contributed by atoms with Crippen LogP contribution in [0.5, 0.6) is 0 Å². The van der Waals surface area contributed by atoms with E-state index >= 15 is 0 Å². The number of carbonyl (C=O) groups excluding carboxylic acids is 2. The Labute approximate surface area is 121 Å². The van der Waals surface area contributed by atoms with Crippen LogP contribution in [0.3, 0.4) is 0 Å². The Balaban J connectivity index is 2.53. The first-order valence-electron chi connectivity index (χ1n) is 6.22. The topological polar surface area (TPSA) is 108 Å². The van der Waals surface area contributed by atoms with Crippen molar-refractivity contribution in [1.82, 2.24) is 0 Å². The van der Waals surface area contributed by atoms with E-state index in [1.807, 2.05) is 0 Å². The van der Waals surface area contributed by atoms with Gasteiger partial charge in [0, 0.05) is 23.9 Å². The molecule has 0 saturated carbocycles. The molecule has 0 atom stereocenters. The number of hydrogen-bond donors (Lipinski definition) is 1. The summed E-state index contributed by atoms with van der Waals surface area (Å²) < 4.78 is 9.49. The minimum Gasteiger partial charge on any atom is -0.454 e. The monoisotopic (exact) mass is 296 g/mol. The third kappa shape index (κ3) is 5.57. The summed E-state index contributed by atoms with van der Waals surface area (Å²) in [6.45, 7) is 2.99. The lowest BCUT2D eigenvalue weighted by Gasteiger charge is -2.07. The molecule has 0 radical (unpaired) electrons. The zero-order valence-corrected chi connectivity index (χ0v) is 11.8. The molecule has 0 unspecified atom stereocenters. The molecule has 21 heavy (non-hydrogen) atoms. The van der Waals surface area contributed by atoms with Crippen LogP contribution >= 0.6 is 0 Å². The maximum Gasteiger partial charge on any atom is 0.332 e. The molecule has 1 rings (SSSR count). The van der Waals surface area contributed by atoms with Crippen molar-refractivity contribution in [3.8, 4) is 0 Å². The van der Waals surface area contributed by atoms with Gasteiger partial charge in [-0.15, -0.1) is 0 Å². The molecule has 0 fully saturated rings. The number of amides is 1. The number of rotatable bonds is 7. The highest BCUT2D eigenvalue weighted by Gasteiger charge is 2.13. The van der Waals surface area contributed by atoms with Gasteiger partial charge in [0.05, 0.1) is 4.92 Å². The summed E-state index contributed by atoms with van der Waals surface area (Å²) >= 11 is 0. The minimum absolute atomic E-state index is 0.0962. The highest BCUT2D eigenvalue weighted by molar-refractivity contribution is 5.93. The minimum atomic E-state index is -0.651. The third-order valence-corrected chi connectivity index (χ3v) is 2.48. The molecule has 0 heterocycles. The number of esters is 1. The molecule has 0 aliphatic carbocycles. The summed E-state index contributed by atoms with van der Waals surface area (Å²) in [5, 5.41) is 13.2.